The van der Waals surface area contributed by atoms with Gasteiger partial charge in [-0.1, -0.05) is 152 Å². The van der Waals surface area contributed by atoms with Crippen LogP contribution in [0.1, 0.15) is 0 Å². The van der Waals surface area contributed by atoms with Gasteiger partial charge in [0.25, 0.3) is 0 Å². The molecule has 0 aliphatic heterocycles. The number of fused-ring (bicyclic) bond motifs is 7. The molecular formula is C46H27FO. The Morgan fingerprint density at radius 3 is 1.38 bits per heavy atom. The van der Waals surface area contributed by atoms with Gasteiger partial charge in [-0.2, -0.15) is 0 Å². The van der Waals surface area contributed by atoms with Crippen molar-refractivity contribution < 1.29 is 8.81 Å². The zero-order chi connectivity index (χ0) is 31.8. The maximum atomic E-state index is 15.7. The molecule has 0 aliphatic carbocycles. The van der Waals surface area contributed by atoms with Gasteiger partial charge in [0.2, 0.25) is 0 Å². The molecule has 1 heterocycles. The van der Waals surface area contributed by atoms with Crippen LogP contribution in [-0.2, 0) is 0 Å². The summed E-state index contributed by atoms with van der Waals surface area (Å²) in [5.74, 6) is -0.179. The number of halogens is 1. The Labute approximate surface area is 276 Å². The molecular weight excluding hydrogens is 588 g/mol. The van der Waals surface area contributed by atoms with Crippen LogP contribution in [0.25, 0.3) is 98.4 Å². The van der Waals surface area contributed by atoms with Gasteiger partial charge >= 0.3 is 0 Å². The second-order valence-electron chi connectivity index (χ2n) is 12.5. The van der Waals surface area contributed by atoms with E-state index in [4.69, 9.17) is 4.42 Å². The number of rotatable bonds is 3. The Morgan fingerprint density at radius 2 is 0.792 bits per heavy atom. The molecule has 224 valence electrons. The first-order chi connectivity index (χ1) is 23.8. The zero-order valence-corrected chi connectivity index (χ0v) is 25.9. The van der Waals surface area contributed by atoms with E-state index in [-0.39, 0.29) is 5.82 Å². The second kappa shape index (κ2) is 10.4. The lowest BCUT2D eigenvalue weighted by atomic mass is 9.85. The van der Waals surface area contributed by atoms with Gasteiger partial charge in [-0.05, 0) is 66.7 Å². The Morgan fingerprint density at radius 1 is 0.333 bits per heavy atom. The molecule has 0 saturated carbocycles. The Bertz CT molecular complexity index is 2780. The van der Waals surface area contributed by atoms with Gasteiger partial charge < -0.3 is 4.42 Å². The molecule has 0 aliphatic rings. The monoisotopic (exact) mass is 614 g/mol. The second-order valence-corrected chi connectivity index (χ2v) is 12.5. The largest absolute Gasteiger partial charge is 0.455 e. The summed E-state index contributed by atoms with van der Waals surface area (Å²) in [6.07, 6.45) is 0. The Balaban J connectivity index is 1.27. The zero-order valence-electron chi connectivity index (χ0n) is 25.9. The van der Waals surface area contributed by atoms with Crippen molar-refractivity contribution in [3.63, 3.8) is 0 Å². The predicted molar refractivity (Wildman–Crippen MR) is 200 cm³/mol. The molecule has 0 atom stereocenters. The minimum absolute atomic E-state index is 0.179. The fraction of sp³-hybridized carbons (Fsp3) is 0. The summed E-state index contributed by atoms with van der Waals surface area (Å²) in [6.45, 7) is 0. The van der Waals surface area contributed by atoms with Crippen molar-refractivity contribution in [2.45, 2.75) is 0 Å². The highest BCUT2D eigenvalue weighted by atomic mass is 19.1. The van der Waals surface area contributed by atoms with Crippen LogP contribution in [0.2, 0.25) is 0 Å². The lowest BCUT2D eigenvalue weighted by Gasteiger charge is -2.17. The quantitative estimate of drug-likeness (QED) is 0.181. The third-order valence-corrected chi connectivity index (χ3v) is 9.91. The van der Waals surface area contributed by atoms with E-state index in [9.17, 15) is 0 Å². The van der Waals surface area contributed by atoms with Gasteiger partial charge in [0.15, 0.2) is 0 Å². The van der Waals surface area contributed by atoms with Gasteiger partial charge in [-0.3, -0.25) is 0 Å². The van der Waals surface area contributed by atoms with Crippen LogP contribution in [0, 0.1) is 5.82 Å². The maximum absolute atomic E-state index is 15.7. The van der Waals surface area contributed by atoms with Gasteiger partial charge in [-0.15, -0.1) is 0 Å². The van der Waals surface area contributed by atoms with E-state index in [1.807, 2.05) is 48.5 Å². The third-order valence-electron chi connectivity index (χ3n) is 9.91. The van der Waals surface area contributed by atoms with Crippen LogP contribution in [0.5, 0.6) is 0 Å². The molecule has 0 unspecified atom stereocenters. The van der Waals surface area contributed by atoms with Crippen LogP contribution in [0.3, 0.4) is 0 Å². The normalized spacial score (nSPS) is 11.9. The number of hydrogen-bond acceptors (Lipinski definition) is 1. The predicted octanol–water partition coefficient (Wildman–Crippen LogP) is 13.3. The molecule has 0 spiro atoms. The fourth-order valence-corrected chi connectivity index (χ4v) is 7.87. The molecule has 48 heavy (non-hydrogen) atoms. The molecule has 0 radical (unpaired) electrons. The maximum Gasteiger partial charge on any atom is 0.143 e. The summed E-state index contributed by atoms with van der Waals surface area (Å²) in [6, 6.07) is 56.5. The van der Waals surface area contributed by atoms with E-state index >= 15 is 4.39 Å². The van der Waals surface area contributed by atoms with Crippen molar-refractivity contribution in [1.29, 1.82) is 0 Å². The molecule has 0 fully saturated rings. The van der Waals surface area contributed by atoms with Crippen molar-refractivity contribution in [2.24, 2.45) is 0 Å². The SMILES string of the molecule is Fc1c2ccccc2c(-c2ccc3oc4c(-c5c6ccccc6c(-c6ccccc6)c6ccccc56)cccc4c3c2)c2ccccc12. The van der Waals surface area contributed by atoms with Crippen LogP contribution < -0.4 is 0 Å². The van der Waals surface area contributed by atoms with Gasteiger partial charge in [0.1, 0.15) is 17.0 Å². The molecule has 1 aromatic heterocycles. The molecule has 0 bridgehead atoms. The first-order valence-corrected chi connectivity index (χ1v) is 16.3. The van der Waals surface area contributed by atoms with Crippen molar-refractivity contribution >= 4 is 65.0 Å². The summed E-state index contributed by atoms with van der Waals surface area (Å²) in [7, 11) is 0. The van der Waals surface area contributed by atoms with Gasteiger partial charge in [0, 0.05) is 32.7 Å². The van der Waals surface area contributed by atoms with Crippen LogP contribution >= 0.6 is 0 Å². The number of benzene rings is 9. The first kappa shape index (κ1) is 26.9. The lowest BCUT2D eigenvalue weighted by Crippen LogP contribution is -1.91. The summed E-state index contributed by atoms with van der Waals surface area (Å²) in [5, 5.41) is 9.95. The number of para-hydroxylation sites is 1. The summed E-state index contributed by atoms with van der Waals surface area (Å²) in [5.41, 5.74) is 8.43. The molecule has 1 nitrogen and oxygen atoms in total. The molecule has 0 saturated heterocycles. The summed E-state index contributed by atoms with van der Waals surface area (Å²) < 4.78 is 22.5. The molecule has 10 aromatic rings. The minimum atomic E-state index is -0.179. The highest BCUT2D eigenvalue weighted by Crippen LogP contribution is 2.47. The van der Waals surface area contributed by atoms with E-state index in [2.05, 4.69) is 115 Å². The van der Waals surface area contributed by atoms with E-state index in [1.54, 1.807) is 0 Å². The van der Waals surface area contributed by atoms with Gasteiger partial charge in [0.05, 0.1) is 0 Å². The van der Waals surface area contributed by atoms with Crippen molar-refractivity contribution in [3.8, 4) is 33.4 Å². The summed E-state index contributed by atoms with van der Waals surface area (Å²) in [4.78, 5) is 0. The topological polar surface area (TPSA) is 13.1 Å². The van der Waals surface area contributed by atoms with E-state index in [0.29, 0.717) is 10.8 Å². The molecule has 9 aromatic carbocycles. The van der Waals surface area contributed by atoms with E-state index in [1.165, 1.54) is 38.2 Å². The molecule has 0 N–H and O–H groups in total. The Kier molecular flexibility index (Phi) is 5.82. The summed E-state index contributed by atoms with van der Waals surface area (Å²) >= 11 is 0. The fourth-order valence-electron chi connectivity index (χ4n) is 7.87. The number of hydrogen-bond donors (Lipinski definition) is 0. The van der Waals surface area contributed by atoms with Crippen molar-refractivity contribution in [1.82, 2.24) is 0 Å². The minimum Gasteiger partial charge on any atom is -0.455 e. The smallest absolute Gasteiger partial charge is 0.143 e. The van der Waals surface area contributed by atoms with Gasteiger partial charge in [-0.25, -0.2) is 4.39 Å². The lowest BCUT2D eigenvalue weighted by molar-refractivity contribution is 0.651. The average molecular weight is 615 g/mol. The first-order valence-electron chi connectivity index (χ1n) is 16.3. The number of furan rings is 1. The highest BCUT2D eigenvalue weighted by molar-refractivity contribution is 6.24. The van der Waals surface area contributed by atoms with Crippen LogP contribution in [0.4, 0.5) is 4.39 Å². The van der Waals surface area contributed by atoms with Crippen LogP contribution in [-0.4, -0.2) is 0 Å². The van der Waals surface area contributed by atoms with Crippen LogP contribution in [0.15, 0.2) is 168 Å². The highest BCUT2D eigenvalue weighted by Gasteiger charge is 2.21. The third kappa shape index (κ3) is 3.84. The van der Waals surface area contributed by atoms with Crippen molar-refractivity contribution in [2.75, 3.05) is 0 Å². The van der Waals surface area contributed by atoms with Crippen molar-refractivity contribution in [3.05, 3.63) is 170 Å². The standard InChI is InChI=1S/C46H27FO/c47-45-36-21-10-8-19-34(36)43(35-20-9-11-22-37(35)45)29-25-26-41-40(27-29)38-23-12-24-39(46(38)48-41)44-32-17-6-4-15-30(32)42(28-13-2-1-3-14-28)31-16-5-7-18-33(31)44/h1-27H. The van der Waals surface area contributed by atoms with E-state index < -0.39 is 0 Å². The molecule has 2 heteroatoms. The van der Waals surface area contributed by atoms with E-state index in [0.717, 1.165) is 49.4 Å². The molecule has 10 rings (SSSR count). The molecule has 0 amide bonds. The Hall–Kier alpha value is -6.25. The average Bonchev–Trinajstić information content (AvgIpc) is 3.53.